The summed E-state index contributed by atoms with van der Waals surface area (Å²) in [7, 11) is 3.15. The SMILES string of the molecule is COc1ccc(C(C)NC(=O)CCc2cccc(F)c2)cc1OC. The second kappa shape index (κ2) is 8.34. The van der Waals surface area contributed by atoms with Crippen molar-refractivity contribution in [2.75, 3.05) is 14.2 Å². The Kier molecular flexibility index (Phi) is 6.18. The van der Waals surface area contributed by atoms with Crippen molar-refractivity contribution in [3.05, 3.63) is 59.4 Å². The van der Waals surface area contributed by atoms with Gasteiger partial charge in [-0.25, -0.2) is 4.39 Å². The first-order chi connectivity index (χ1) is 11.5. The molecule has 2 aromatic carbocycles. The Hall–Kier alpha value is -2.56. The molecule has 0 bridgehead atoms. The molecule has 0 aliphatic carbocycles. The minimum atomic E-state index is -0.286. The van der Waals surface area contributed by atoms with Gasteiger partial charge in [0.1, 0.15) is 5.82 Å². The average Bonchev–Trinajstić information content (AvgIpc) is 2.59. The molecule has 0 aliphatic heterocycles. The molecule has 0 radical (unpaired) electrons. The Morgan fingerprint density at radius 3 is 2.54 bits per heavy atom. The van der Waals surface area contributed by atoms with Gasteiger partial charge in [-0.2, -0.15) is 0 Å². The number of halogens is 1. The molecule has 2 aromatic rings. The molecule has 0 aromatic heterocycles. The predicted octanol–water partition coefficient (Wildman–Crippen LogP) is 3.65. The summed E-state index contributed by atoms with van der Waals surface area (Å²) < 4.78 is 23.6. The van der Waals surface area contributed by atoms with E-state index in [1.165, 1.54) is 12.1 Å². The summed E-state index contributed by atoms with van der Waals surface area (Å²) >= 11 is 0. The summed E-state index contributed by atoms with van der Waals surface area (Å²) in [5.74, 6) is 0.898. The molecule has 0 saturated carbocycles. The lowest BCUT2D eigenvalue weighted by Gasteiger charge is -2.16. The minimum absolute atomic E-state index is 0.0819. The quantitative estimate of drug-likeness (QED) is 0.842. The van der Waals surface area contributed by atoms with Crippen LogP contribution in [0.3, 0.4) is 0 Å². The highest BCUT2D eigenvalue weighted by Gasteiger charge is 2.13. The topological polar surface area (TPSA) is 47.6 Å². The van der Waals surface area contributed by atoms with E-state index in [9.17, 15) is 9.18 Å². The first-order valence-corrected chi connectivity index (χ1v) is 7.79. The lowest BCUT2D eigenvalue weighted by Crippen LogP contribution is -2.26. The fraction of sp³-hybridized carbons (Fsp3) is 0.316. The molecule has 1 unspecified atom stereocenters. The molecule has 0 spiro atoms. The van der Waals surface area contributed by atoms with Crippen molar-refractivity contribution < 1.29 is 18.7 Å². The van der Waals surface area contributed by atoms with E-state index in [1.807, 2.05) is 31.2 Å². The van der Waals surface area contributed by atoms with Gasteiger partial charge in [0.15, 0.2) is 11.5 Å². The average molecular weight is 331 g/mol. The van der Waals surface area contributed by atoms with Gasteiger partial charge in [-0.1, -0.05) is 18.2 Å². The van der Waals surface area contributed by atoms with Crippen LogP contribution in [0.15, 0.2) is 42.5 Å². The molecule has 1 N–H and O–H groups in total. The highest BCUT2D eigenvalue weighted by molar-refractivity contribution is 5.76. The van der Waals surface area contributed by atoms with E-state index < -0.39 is 0 Å². The zero-order valence-corrected chi connectivity index (χ0v) is 14.1. The van der Waals surface area contributed by atoms with E-state index in [2.05, 4.69) is 5.32 Å². The van der Waals surface area contributed by atoms with Gasteiger partial charge in [0.05, 0.1) is 20.3 Å². The molecule has 1 atom stereocenters. The van der Waals surface area contributed by atoms with Crippen molar-refractivity contribution in [3.8, 4) is 11.5 Å². The third kappa shape index (κ3) is 4.72. The smallest absolute Gasteiger partial charge is 0.220 e. The van der Waals surface area contributed by atoms with Gasteiger partial charge in [0.2, 0.25) is 5.91 Å². The van der Waals surface area contributed by atoms with Crippen molar-refractivity contribution in [1.82, 2.24) is 5.32 Å². The monoisotopic (exact) mass is 331 g/mol. The molecule has 0 fully saturated rings. The Balaban J connectivity index is 1.93. The first-order valence-electron chi connectivity index (χ1n) is 7.79. The van der Waals surface area contributed by atoms with Crippen LogP contribution in [0.4, 0.5) is 4.39 Å². The Bertz CT molecular complexity index is 703. The van der Waals surface area contributed by atoms with Gasteiger partial charge in [0, 0.05) is 6.42 Å². The summed E-state index contributed by atoms with van der Waals surface area (Å²) in [6, 6.07) is 11.7. The molecule has 0 saturated heterocycles. The number of amides is 1. The van der Waals surface area contributed by atoms with Crippen molar-refractivity contribution >= 4 is 5.91 Å². The van der Waals surface area contributed by atoms with Gasteiger partial charge < -0.3 is 14.8 Å². The molecule has 24 heavy (non-hydrogen) atoms. The molecule has 2 rings (SSSR count). The largest absolute Gasteiger partial charge is 0.493 e. The normalized spacial score (nSPS) is 11.7. The molecule has 4 nitrogen and oxygen atoms in total. The number of benzene rings is 2. The van der Waals surface area contributed by atoms with Gasteiger partial charge >= 0.3 is 0 Å². The number of carbonyl (C=O) groups is 1. The number of aryl methyl sites for hydroxylation is 1. The predicted molar refractivity (Wildman–Crippen MR) is 90.8 cm³/mol. The van der Waals surface area contributed by atoms with Gasteiger partial charge in [-0.15, -0.1) is 0 Å². The number of carbonyl (C=O) groups excluding carboxylic acids is 1. The molecule has 1 amide bonds. The molecule has 0 aliphatic rings. The van der Waals surface area contributed by atoms with Crippen LogP contribution in [0, 0.1) is 5.82 Å². The Morgan fingerprint density at radius 1 is 1.12 bits per heavy atom. The summed E-state index contributed by atoms with van der Waals surface area (Å²) in [5.41, 5.74) is 1.73. The number of methoxy groups -OCH3 is 2. The van der Waals surface area contributed by atoms with Crippen molar-refractivity contribution in [2.45, 2.75) is 25.8 Å². The van der Waals surface area contributed by atoms with E-state index in [1.54, 1.807) is 20.3 Å². The van der Waals surface area contributed by atoms with E-state index in [4.69, 9.17) is 9.47 Å². The maximum absolute atomic E-state index is 13.1. The first kappa shape index (κ1) is 17.8. The number of nitrogens with one attached hydrogen (secondary N) is 1. The molecular formula is C19H22FNO3. The molecular weight excluding hydrogens is 309 g/mol. The van der Waals surface area contributed by atoms with Crippen molar-refractivity contribution in [1.29, 1.82) is 0 Å². The number of hydrogen-bond acceptors (Lipinski definition) is 3. The fourth-order valence-corrected chi connectivity index (χ4v) is 2.47. The summed E-state index contributed by atoms with van der Waals surface area (Å²) in [6.07, 6.45) is 0.809. The minimum Gasteiger partial charge on any atom is -0.493 e. The summed E-state index contributed by atoms with van der Waals surface area (Å²) in [4.78, 5) is 12.1. The van der Waals surface area contributed by atoms with E-state index in [-0.39, 0.29) is 17.8 Å². The molecule has 5 heteroatoms. The van der Waals surface area contributed by atoms with Gasteiger partial charge in [-0.05, 0) is 48.7 Å². The number of rotatable bonds is 7. The van der Waals surface area contributed by atoms with Crippen LogP contribution in [0.2, 0.25) is 0 Å². The van der Waals surface area contributed by atoms with E-state index in [0.29, 0.717) is 24.3 Å². The van der Waals surface area contributed by atoms with Crippen molar-refractivity contribution in [3.63, 3.8) is 0 Å². The lowest BCUT2D eigenvalue weighted by molar-refractivity contribution is -0.121. The second-order valence-corrected chi connectivity index (χ2v) is 5.53. The van der Waals surface area contributed by atoms with Gasteiger partial charge in [-0.3, -0.25) is 4.79 Å². The lowest BCUT2D eigenvalue weighted by atomic mass is 10.1. The molecule has 128 valence electrons. The van der Waals surface area contributed by atoms with Gasteiger partial charge in [0.25, 0.3) is 0 Å². The van der Waals surface area contributed by atoms with Crippen molar-refractivity contribution in [2.24, 2.45) is 0 Å². The van der Waals surface area contributed by atoms with Crippen LogP contribution < -0.4 is 14.8 Å². The Labute approximate surface area is 141 Å². The summed E-state index contributed by atoms with van der Waals surface area (Å²) in [6.45, 7) is 1.90. The highest BCUT2D eigenvalue weighted by atomic mass is 19.1. The van der Waals surface area contributed by atoms with E-state index >= 15 is 0 Å². The second-order valence-electron chi connectivity index (χ2n) is 5.53. The zero-order chi connectivity index (χ0) is 17.5. The Morgan fingerprint density at radius 2 is 1.88 bits per heavy atom. The highest BCUT2D eigenvalue weighted by Crippen LogP contribution is 2.29. The maximum Gasteiger partial charge on any atom is 0.220 e. The standard InChI is InChI=1S/C19H22FNO3/c1-13(15-8-9-17(23-2)18(12-15)24-3)21-19(22)10-7-14-5-4-6-16(20)11-14/h4-6,8-9,11-13H,7,10H2,1-3H3,(H,21,22). The number of ether oxygens (including phenoxy) is 2. The molecule has 0 heterocycles. The third-order valence-corrected chi connectivity index (χ3v) is 3.81. The van der Waals surface area contributed by atoms with Crippen LogP contribution in [0.1, 0.15) is 30.5 Å². The van der Waals surface area contributed by atoms with E-state index in [0.717, 1.165) is 11.1 Å². The maximum atomic E-state index is 13.1. The zero-order valence-electron chi connectivity index (χ0n) is 14.1. The van der Waals surface area contributed by atoms with Crippen LogP contribution in [-0.2, 0) is 11.2 Å². The van der Waals surface area contributed by atoms with Crippen LogP contribution in [0.5, 0.6) is 11.5 Å². The summed E-state index contributed by atoms with van der Waals surface area (Å²) in [5, 5.41) is 2.94. The van der Waals surface area contributed by atoms with Crippen LogP contribution in [-0.4, -0.2) is 20.1 Å². The number of hydrogen-bond donors (Lipinski definition) is 1. The van der Waals surface area contributed by atoms with Crippen LogP contribution >= 0.6 is 0 Å². The fourth-order valence-electron chi connectivity index (χ4n) is 2.47. The van der Waals surface area contributed by atoms with Crippen LogP contribution in [0.25, 0.3) is 0 Å². The third-order valence-electron chi connectivity index (χ3n) is 3.81.